The van der Waals surface area contributed by atoms with Gasteiger partial charge in [0.15, 0.2) is 0 Å². The van der Waals surface area contributed by atoms with Gasteiger partial charge in [0.25, 0.3) is 0 Å². The van der Waals surface area contributed by atoms with Crippen LogP contribution in [0.15, 0.2) is 47.3 Å². The van der Waals surface area contributed by atoms with E-state index in [4.69, 9.17) is 4.42 Å². The van der Waals surface area contributed by atoms with E-state index in [0.717, 1.165) is 5.56 Å². The van der Waals surface area contributed by atoms with Crippen molar-refractivity contribution in [2.45, 2.75) is 19.1 Å². The molecule has 0 spiro atoms. The molecule has 0 saturated heterocycles. The lowest BCUT2D eigenvalue weighted by atomic mass is 10.1. The first kappa shape index (κ1) is 15.1. The van der Waals surface area contributed by atoms with Crippen molar-refractivity contribution in [1.82, 2.24) is 10.6 Å². The van der Waals surface area contributed by atoms with E-state index >= 15 is 0 Å². The maximum Gasteiger partial charge on any atom is 0.315 e. The highest BCUT2D eigenvalue weighted by molar-refractivity contribution is 5.73. The second kappa shape index (κ2) is 7.44. The predicted octanol–water partition coefficient (Wildman–Crippen LogP) is 2.34. The molecule has 0 unspecified atom stereocenters. The Bertz CT molecular complexity index is 555. The molecule has 5 nitrogen and oxygen atoms in total. The molecule has 0 aliphatic carbocycles. The van der Waals surface area contributed by atoms with Crippen molar-refractivity contribution in [1.29, 1.82) is 0 Å². The Hall–Kier alpha value is -2.34. The largest absolute Gasteiger partial charge is 0.472 e. The Morgan fingerprint density at radius 3 is 2.67 bits per heavy atom. The Kier molecular flexibility index (Phi) is 5.34. The summed E-state index contributed by atoms with van der Waals surface area (Å²) in [5.74, 6) is -0.309. The number of aliphatic hydroxyl groups is 1. The van der Waals surface area contributed by atoms with Crippen LogP contribution in [0.4, 0.5) is 9.18 Å². The maximum absolute atomic E-state index is 12.7. The molecular weight excluding hydrogens is 275 g/mol. The van der Waals surface area contributed by atoms with Crippen LogP contribution in [-0.2, 0) is 6.54 Å². The Labute approximate surface area is 121 Å². The summed E-state index contributed by atoms with van der Waals surface area (Å²) in [7, 11) is 0. The predicted molar refractivity (Wildman–Crippen MR) is 74.9 cm³/mol. The summed E-state index contributed by atoms with van der Waals surface area (Å²) in [6, 6.07) is 7.25. The van der Waals surface area contributed by atoms with E-state index in [0.29, 0.717) is 25.1 Å². The van der Waals surface area contributed by atoms with Crippen molar-refractivity contribution in [2.75, 3.05) is 6.54 Å². The zero-order valence-electron chi connectivity index (χ0n) is 11.4. The quantitative estimate of drug-likeness (QED) is 0.765. The van der Waals surface area contributed by atoms with Crippen LogP contribution in [0, 0.1) is 5.82 Å². The lowest BCUT2D eigenvalue weighted by Gasteiger charge is -2.10. The molecule has 1 heterocycles. The topological polar surface area (TPSA) is 74.5 Å². The number of benzene rings is 1. The van der Waals surface area contributed by atoms with Gasteiger partial charge in [-0.05, 0) is 30.2 Å². The molecule has 0 aliphatic heterocycles. The molecule has 2 aromatic rings. The molecule has 21 heavy (non-hydrogen) atoms. The summed E-state index contributed by atoms with van der Waals surface area (Å²) in [6.07, 6.45) is 2.69. The molecule has 2 rings (SSSR count). The number of urea groups is 1. The van der Waals surface area contributed by atoms with Crippen molar-refractivity contribution in [3.8, 4) is 0 Å². The fourth-order valence-corrected chi connectivity index (χ4v) is 1.80. The molecule has 3 N–H and O–H groups in total. The molecule has 0 bridgehead atoms. The Balaban J connectivity index is 1.64. The van der Waals surface area contributed by atoms with Crippen LogP contribution < -0.4 is 10.6 Å². The summed E-state index contributed by atoms with van der Waals surface area (Å²) in [4.78, 5) is 11.6. The fourth-order valence-electron chi connectivity index (χ4n) is 1.80. The molecule has 2 amide bonds. The number of aliphatic hydroxyl groups excluding tert-OH is 1. The molecule has 6 heteroatoms. The van der Waals surface area contributed by atoms with Crippen LogP contribution in [0.3, 0.4) is 0 Å². The number of rotatable bonds is 6. The molecule has 0 saturated carbocycles. The van der Waals surface area contributed by atoms with Crippen LogP contribution in [0.1, 0.15) is 23.7 Å². The molecule has 1 atom stereocenters. The van der Waals surface area contributed by atoms with Crippen molar-refractivity contribution >= 4 is 6.03 Å². The lowest BCUT2D eigenvalue weighted by Crippen LogP contribution is -2.36. The summed E-state index contributed by atoms with van der Waals surface area (Å²) in [5, 5.41) is 15.1. The van der Waals surface area contributed by atoms with Gasteiger partial charge in [-0.15, -0.1) is 0 Å². The standard InChI is InChI=1S/C15H17FN2O3/c16-13-3-1-11(2-4-13)9-18-15(20)17-7-5-14(19)12-6-8-21-10-12/h1-4,6,8,10,14,19H,5,7,9H2,(H2,17,18,20)/t14-/m0/s1. The Morgan fingerprint density at radius 2 is 2.00 bits per heavy atom. The van der Waals surface area contributed by atoms with E-state index in [1.807, 2.05) is 0 Å². The van der Waals surface area contributed by atoms with Gasteiger partial charge in [-0.3, -0.25) is 0 Å². The number of amides is 2. The first-order chi connectivity index (χ1) is 10.1. The van der Waals surface area contributed by atoms with Crippen LogP contribution in [-0.4, -0.2) is 17.7 Å². The molecule has 1 aromatic heterocycles. The van der Waals surface area contributed by atoms with E-state index in [1.165, 1.54) is 24.7 Å². The van der Waals surface area contributed by atoms with Gasteiger partial charge >= 0.3 is 6.03 Å². The van der Waals surface area contributed by atoms with Gasteiger partial charge in [0, 0.05) is 18.7 Å². The summed E-state index contributed by atoms with van der Waals surface area (Å²) < 4.78 is 17.6. The smallest absolute Gasteiger partial charge is 0.315 e. The van der Waals surface area contributed by atoms with Gasteiger partial charge in [-0.1, -0.05) is 12.1 Å². The second-order valence-electron chi connectivity index (χ2n) is 4.60. The third kappa shape index (κ3) is 4.92. The lowest BCUT2D eigenvalue weighted by molar-refractivity contribution is 0.166. The molecule has 1 aromatic carbocycles. The molecular formula is C15H17FN2O3. The SMILES string of the molecule is O=C(NCC[C@H](O)c1ccoc1)NCc1ccc(F)cc1. The third-order valence-corrected chi connectivity index (χ3v) is 3.00. The highest BCUT2D eigenvalue weighted by Gasteiger charge is 2.09. The van der Waals surface area contributed by atoms with Crippen molar-refractivity contribution < 1.29 is 18.7 Å². The minimum absolute atomic E-state index is 0.309. The average Bonchev–Trinajstić information content (AvgIpc) is 3.01. The van der Waals surface area contributed by atoms with Crippen LogP contribution >= 0.6 is 0 Å². The van der Waals surface area contributed by atoms with E-state index in [9.17, 15) is 14.3 Å². The minimum atomic E-state index is -0.666. The zero-order chi connectivity index (χ0) is 15.1. The number of hydrogen-bond donors (Lipinski definition) is 3. The third-order valence-electron chi connectivity index (χ3n) is 3.00. The summed E-state index contributed by atoms with van der Waals surface area (Å²) in [6.45, 7) is 0.651. The number of nitrogens with one attached hydrogen (secondary N) is 2. The number of carbonyl (C=O) groups excluding carboxylic acids is 1. The molecule has 0 aliphatic rings. The average molecular weight is 292 g/mol. The minimum Gasteiger partial charge on any atom is -0.472 e. The van der Waals surface area contributed by atoms with Gasteiger partial charge in [-0.2, -0.15) is 0 Å². The number of halogens is 1. The van der Waals surface area contributed by atoms with E-state index in [1.54, 1.807) is 18.2 Å². The first-order valence-electron chi connectivity index (χ1n) is 6.61. The van der Waals surface area contributed by atoms with E-state index < -0.39 is 6.10 Å². The number of carbonyl (C=O) groups is 1. The molecule has 0 radical (unpaired) electrons. The monoisotopic (exact) mass is 292 g/mol. The van der Waals surface area contributed by atoms with Gasteiger partial charge in [0.2, 0.25) is 0 Å². The van der Waals surface area contributed by atoms with Crippen molar-refractivity contribution in [3.05, 3.63) is 59.8 Å². The highest BCUT2D eigenvalue weighted by Crippen LogP contribution is 2.15. The van der Waals surface area contributed by atoms with Crippen LogP contribution in [0.25, 0.3) is 0 Å². The second-order valence-corrected chi connectivity index (χ2v) is 4.60. The zero-order valence-corrected chi connectivity index (χ0v) is 11.4. The van der Waals surface area contributed by atoms with Crippen LogP contribution in [0.5, 0.6) is 0 Å². The highest BCUT2D eigenvalue weighted by atomic mass is 19.1. The fraction of sp³-hybridized carbons (Fsp3) is 0.267. The van der Waals surface area contributed by atoms with Crippen LogP contribution in [0.2, 0.25) is 0 Å². The van der Waals surface area contributed by atoms with Gasteiger partial charge in [0.05, 0.1) is 18.6 Å². The maximum atomic E-state index is 12.7. The van der Waals surface area contributed by atoms with Gasteiger partial charge < -0.3 is 20.2 Å². The Morgan fingerprint density at radius 1 is 1.24 bits per heavy atom. The van der Waals surface area contributed by atoms with Gasteiger partial charge in [0.1, 0.15) is 5.82 Å². The number of furan rings is 1. The van der Waals surface area contributed by atoms with E-state index in [2.05, 4.69) is 10.6 Å². The molecule has 0 fully saturated rings. The van der Waals surface area contributed by atoms with Gasteiger partial charge in [-0.25, -0.2) is 9.18 Å². The number of hydrogen-bond acceptors (Lipinski definition) is 3. The molecule has 112 valence electrons. The first-order valence-corrected chi connectivity index (χ1v) is 6.61. The van der Waals surface area contributed by atoms with Crippen molar-refractivity contribution in [2.24, 2.45) is 0 Å². The van der Waals surface area contributed by atoms with E-state index in [-0.39, 0.29) is 11.8 Å². The normalized spacial score (nSPS) is 11.9. The van der Waals surface area contributed by atoms with Crippen molar-refractivity contribution in [3.63, 3.8) is 0 Å². The summed E-state index contributed by atoms with van der Waals surface area (Å²) in [5.41, 5.74) is 1.49. The summed E-state index contributed by atoms with van der Waals surface area (Å²) >= 11 is 0.